The largest absolute Gasteiger partial charge is 0.478 e. The van der Waals surface area contributed by atoms with Crippen molar-refractivity contribution in [1.29, 1.82) is 0 Å². The third-order valence-electron chi connectivity index (χ3n) is 4.30. The number of carbonyl (C=O) groups is 2. The van der Waals surface area contributed by atoms with Gasteiger partial charge in [-0.05, 0) is 23.3 Å². The first-order valence-corrected chi connectivity index (χ1v) is 9.21. The van der Waals surface area contributed by atoms with E-state index in [-0.39, 0.29) is 17.9 Å². The van der Waals surface area contributed by atoms with Crippen LogP contribution in [0.25, 0.3) is 21.3 Å². The number of aromatic nitrogens is 1. The average molecular weight is 376 g/mol. The van der Waals surface area contributed by atoms with Crippen LogP contribution in [0.15, 0.2) is 66.9 Å². The molecule has 2 aromatic carbocycles. The molecule has 4 aromatic rings. The fraction of sp³-hybridized carbons (Fsp3) is 0.0476. The number of carboxylic acids is 1. The fourth-order valence-corrected chi connectivity index (χ4v) is 4.08. The van der Waals surface area contributed by atoms with Crippen molar-refractivity contribution in [2.45, 2.75) is 6.42 Å². The Morgan fingerprint density at radius 1 is 1.04 bits per heavy atom. The first-order valence-electron chi connectivity index (χ1n) is 8.39. The van der Waals surface area contributed by atoms with Crippen LogP contribution in [0.2, 0.25) is 0 Å². The lowest BCUT2D eigenvalue weighted by molar-refractivity contribution is -0.115. The van der Waals surface area contributed by atoms with Crippen molar-refractivity contribution in [3.8, 4) is 10.4 Å². The van der Waals surface area contributed by atoms with E-state index in [4.69, 9.17) is 0 Å². The van der Waals surface area contributed by atoms with E-state index in [9.17, 15) is 14.7 Å². The van der Waals surface area contributed by atoms with Gasteiger partial charge in [-0.25, -0.2) is 4.79 Å². The lowest BCUT2D eigenvalue weighted by Crippen LogP contribution is -2.15. The maximum absolute atomic E-state index is 12.5. The van der Waals surface area contributed by atoms with Crippen molar-refractivity contribution >= 4 is 39.1 Å². The molecular weight excluding hydrogens is 360 g/mol. The molecule has 0 radical (unpaired) electrons. The van der Waals surface area contributed by atoms with Crippen LogP contribution in [-0.2, 0) is 11.2 Å². The highest BCUT2D eigenvalue weighted by Crippen LogP contribution is 2.35. The van der Waals surface area contributed by atoms with Gasteiger partial charge >= 0.3 is 5.97 Å². The summed E-state index contributed by atoms with van der Waals surface area (Å²) in [4.78, 5) is 28.1. The zero-order valence-corrected chi connectivity index (χ0v) is 15.0. The Labute approximate surface area is 159 Å². The van der Waals surface area contributed by atoms with Gasteiger partial charge in [-0.2, -0.15) is 0 Å². The Balaban J connectivity index is 1.59. The third-order valence-corrected chi connectivity index (χ3v) is 5.40. The van der Waals surface area contributed by atoms with Gasteiger partial charge in [0.05, 0.1) is 12.0 Å². The minimum Gasteiger partial charge on any atom is -0.478 e. The third kappa shape index (κ3) is 3.47. The molecule has 6 heteroatoms. The van der Waals surface area contributed by atoms with Gasteiger partial charge in [-0.1, -0.05) is 48.5 Å². The molecule has 0 saturated heterocycles. The number of carboxylic acid groups (broad SMARTS) is 1. The summed E-state index contributed by atoms with van der Waals surface area (Å²) in [5.41, 5.74) is 2.86. The normalized spacial score (nSPS) is 10.8. The summed E-state index contributed by atoms with van der Waals surface area (Å²) in [5, 5.41) is 13.6. The molecule has 3 N–H and O–H groups in total. The number of H-pyrrole nitrogens is 1. The first kappa shape index (κ1) is 17.1. The zero-order chi connectivity index (χ0) is 18.8. The summed E-state index contributed by atoms with van der Waals surface area (Å²) >= 11 is 1.26. The van der Waals surface area contributed by atoms with Gasteiger partial charge in [0.15, 0.2) is 0 Å². The number of benzene rings is 2. The molecule has 0 atom stereocenters. The standard InChI is InChI=1S/C21H16N2O3S/c24-19(10-14-12-22-17-9-5-4-8-15(14)17)23-20-16(21(25)26)11-18(27-20)13-6-2-1-3-7-13/h1-9,11-12,22H,10H2,(H,23,24)(H,25,26). The first-order chi connectivity index (χ1) is 13.1. The number of aromatic carboxylic acids is 1. The van der Waals surface area contributed by atoms with Crippen LogP contribution in [0.3, 0.4) is 0 Å². The number of hydrogen-bond donors (Lipinski definition) is 3. The second kappa shape index (κ2) is 7.09. The van der Waals surface area contributed by atoms with Crippen LogP contribution in [-0.4, -0.2) is 22.0 Å². The van der Waals surface area contributed by atoms with E-state index in [1.54, 1.807) is 6.07 Å². The van der Waals surface area contributed by atoms with E-state index in [0.717, 1.165) is 26.9 Å². The number of rotatable bonds is 5. The number of para-hydroxylation sites is 1. The number of aromatic amines is 1. The van der Waals surface area contributed by atoms with Crippen molar-refractivity contribution in [3.63, 3.8) is 0 Å². The molecule has 2 aromatic heterocycles. The van der Waals surface area contributed by atoms with E-state index in [1.807, 2.05) is 60.8 Å². The summed E-state index contributed by atoms with van der Waals surface area (Å²) in [6.45, 7) is 0. The smallest absolute Gasteiger partial charge is 0.338 e. The van der Waals surface area contributed by atoms with Crippen LogP contribution in [0.5, 0.6) is 0 Å². The molecule has 0 fully saturated rings. The molecule has 1 amide bonds. The lowest BCUT2D eigenvalue weighted by Gasteiger charge is -2.04. The molecule has 4 rings (SSSR count). The van der Waals surface area contributed by atoms with Gasteiger partial charge in [-0.3, -0.25) is 4.79 Å². The highest BCUT2D eigenvalue weighted by Gasteiger charge is 2.18. The van der Waals surface area contributed by atoms with Gasteiger partial charge in [0, 0.05) is 22.0 Å². The number of hydrogen-bond acceptors (Lipinski definition) is 3. The molecule has 0 aliphatic rings. The maximum Gasteiger partial charge on any atom is 0.338 e. The number of thiophene rings is 1. The van der Waals surface area contributed by atoms with Crippen LogP contribution in [0.1, 0.15) is 15.9 Å². The highest BCUT2D eigenvalue weighted by molar-refractivity contribution is 7.20. The second-order valence-electron chi connectivity index (χ2n) is 6.11. The molecule has 0 bridgehead atoms. The number of amides is 1. The minimum absolute atomic E-state index is 0.103. The van der Waals surface area contributed by atoms with E-state index in [0.29, 0.717) is 5.00 Å². The minimum atomic E-state index is -1.06. The van der Waals surface area contributed by atoms with Crippen LogP contribution >= 0.6 is 11.3 Å². The molecule has 2 heterocycles. The van der Waals surface area contributed by atoms with E-state index in [2.05, 4.69) is 10.3 Å². The quantitative estimate of drug-likeness (QED) is 0.469. The van der Waals surface area contributed by atoms with Crippen LogP contribution in [0, 0.1) is 0 Å². The average Bonchev–Trinajstić information content (AvgIpc) is 3.27. The topological polar surface area (TPSA) is 82.2 Å². The van der Waals surface area contributed by atoms with Crippen molar-refractivity contribution in [3.05, 3.63) is 78.0 Å². The molecule has 0 spiro atoms. The van der Waals surface area contributed by atoms with E-state index >= 15 is 0 Å². The molecule has 5 nitrogen and oxygen atoms in total. The molecule has 27 heavy (non-hydrogen) atoms. The maximum atomic E-state index is 12.5. The number of carbonyl (C=O) groups excluding carboxylic acids is 1. The Morgan fingerprint density at radius 3 is 2.56 bits per heavy atom. The molecule has 0 saturated carbocycles. The van der Waals surface area contributed by atoms with Crippen molar-refractivity contribution in [2.75, 3.05) is 5.32 Å². The Kier molecular flexibility index (Phi) is 4.48. The van der Waals surface area contributed by atoms with Crippen molar-refractivity contribution < 1.29 is 14.7 Å². The van der Waals surface area contributed by atoms with Crippen molar-refractivity contribution in [1.82, 2.24) is 4.98 Å². The Morgan fingerprint density at radius 2 is 1.78 bits per heavy atom. The number of nitrogens with one attached hydrogen (secondary N) is 2. The van der Waals surface area contributed by atoms with Crippen LogP contribution < -0.4 is 5.32 Å². The van der Waals surface area contributed by atoms with Gasteiger partial charge in [0.1, 0.15) is 5.00 Å². The summed E-state index contributed by atoms with van der Waals surface area (Å²) < 4.78 is 0. The van der Waals surface area contributed by atoms with Crippen LogP contribution in [0.4, 0.5) is 5.00 Å². The highest BCUT2D eigenvalue weighted by atomic mass is 32.1. The van der Waals surface area contributed by atoms with Gasteiger partial charge in [-0.15, -0.1) is 11.3 Å². The molecular formula is C21H16N2O3S. The monoisotopic (exact) mass is 376 g/mol. The zero-order valence-electron chi connectivity index (χ0n) is 14.2. The summed E-state index contributed by atoms with van der Waals surface area (Å²) in [5.74, 6) is -1.31. The summed E-state index contributed by atoms with van der Waals surface area (Å²) in [6, 6.07) is 18.9. The number of anilines is 1. The Bertz CT molecular complexity index is 1130. The summed E-state index contributed by atoms with van der Waals surface area (Å²) in [7, 11) is 0. The summed E-state index contributed by atoms with van der Waals surface area (Å²) in [6.07, 6.45) is 1.98. The SMILES string of the molecule is O=C(Cc1c[nH]c2ccccc12)Nc1sc(-c2ccccc2)cc1C(=O)O. The predicted octanol–water partition coefficient (Wildman–Crippen LogP) is 4.78. The number of fused-ring (bicyclic) bond motifs is 1. The van der Waals surface area contributed by atoms with Gasteiger partial charge in [0.25, 0.3) is 0 Å². The van der Waals surface area contributed by atoms with E-state index < -0.39 is 5.97 Å². The van der Waals surface area contributed by atoms with Gasteiger partial charge < -0.3 is 15.4 Å². The lowest BCUT2D eigenvalue weighted by atomic mass is 10.1. The molecule has 0 aliphatic carbocycles. The fourth-order valence-electron chi connectivity index (χ4n) is 3.01. The van der Waals surface area contributed by atoms with E-state index in [1.165, 1.54) is 11.3 Å². The Hall–Kier alpha value is -3.38. The second-order valence-corrected chi connectivity index (χ2v) is 7.16. The predicted molar refractivity (Wildman–Crippen MR) is 107 cm³/mol. The molecule has 0 aliphatic heterocycles. The molecule has 134 valence electrons. The van der Waals surface area contributed by atoms with Gasteiger partial charge in [0.2, 0.25) is 5.91 Å². The van der Waals surface area contributed by atoms with Crippen molar-refractivity contribution in [2.24, 2.45) is 0 Å². The molecule has 0 unspecified atom stereocenters.